The summed E-state index contributed by atoms with van der Waals surface area (Å²) in [7, 11) is 3.10. The van der Waals surface area contributed by atoms with Gasteiger partial charge in [0.15, 0.2) is 17.7 Å². The van der Waals surface area contributed by atoms with E-state index in [0.717, 1.165) is 66.3 Å². The highest BCUT2D eigenvalue weighted by Gasteiger charge is 2.65. The van der Waals surface area contributed by atoms with Crippen molar-refractivity contribution in [1.29, 1.82) is 0 Å². The summed E-state index contributed by atoms with van der Waals surface area (Å²) in [5.74, 6) is 0.191. The van der Waals surface area contributed by atoms with Crippen LogP contribution in [0.4, 0.5) is 5.69 Å². The zero-order valence-electron chi connectivity index (χ0n) is 45.7. The minimum absolute atomic E-state index is 0.00650. The molecule has 3 saturated carbocycles. The first-order chi connectivity index (χ1) is 38.4. The van der Waals surface area contributed by atoms with Gasteiger partial charge in [-0.3, -0.25) is 19.8 Å². The number of rotatable bonds is 19. The van der Waals surface area contributed by atoms with Crippen molar-refractivity contribution in [2.45, 2.75) is 126 Å². The summed E-state index contributed by atoms with van der Waals surface area (Å²) in [5.41, 5.74) is 6.96. The standard InChI is InChI=1S/C63H77N3O13/c1-4-64-33-79-50-27-48(75-2)40-14-15-41-55-47(65-61(74)58(50)57(40)55)26-49-56(41)59(72)44(32-78-49)36-23-51(76-3)60(73)52(24-36)77-31-38(30-69)63-28-37(62(18-8-5-9-19-62)66-53(70)16-17-54(66)71)25-43-42(34(29-68)11-10-20-67)21-35(22-46(43)63)39-12-6-7-13-45(39)63/h6-7,12-13,16-17,23-24,26-27,34-35,37-38,42-44,46,59,61,64-65,67-69,72-74H,4-5,8-11,14-15,18-22,25,28-33H2,1-3H3. The number of amides is 2. The lowest BCUT2D eigenvalue weighted by atomic mass is 9.40. The Bertz CT molecular complexity index is 3010. The molecule has 3 fully saturated rings. The van der Waals surface area contributed by atoms with E-state index in [1.54, 1.807) is 24.1 Å². The minimum Gasteiger partial charge on any atom is -0.502 e. The average molecular weight is 1080 g/mol. The largest absolute Gasteiger partial charge is 0.502 e. The molecule has 3 heterocycles. The van der Waals surface area contributed by atoms with Crippen LogP contribution in [0.2, 0.25) is 0 Å². The van der Waals surface area contributed by atoms with Gasteiger partial charge in [-0.15, -0.1) is 0 Å². The Balaban J connectivity index is 0.921. The fraction of sp³-hybridized carbons (Fsp3) is 0.556. The Morgan fingerprint density at radius 2 is 1.61 bits per heavy atom. The Kier molecular flexibility index (Phi) is 14.7. The van der Waals surface area contributed by atoms with E-state index in [9.17, 15) is 40.2 Å². The van der Waals surface area contributed by atoms with Gasteiger partial charge in [0, 0.05) is 82.7 Å². The van der Waals surface area contributed by atoms with Crippen molar-refractivity contribution in [2.75, 3.05) is 65.8 Å². The highest BCUT2D eigenvalue weighted by atomic mass is 16.5. The van der Waals surface area contributed by atoms with E-state index in [0.29, 0.717) is 91.1 Å². The first kappa shape index (κ1) is 53.7. The zero-order valence-corrected chi connectivity index (χ0v) is 45.7. The second-order valence-corrected chi connectivity index (χ2v) is 23.8. The molecule has 2 amide bonds. The van der Waals surface area contributed by atoms with Gasteiger partial charge in [-0.25, -0.2) is 0 Å². The van der Waals surface area contributed by atoms with Crippen LogP contribution in [0.15, 0.2) is 60.7 Å². The number of aliphatic hydroxyl groups is 5. The number of ether oxygens (including phenoxy) is 5. The van der Waals surface area contributed by atoms with Gasteiger partial charge < -0.3 is 59.6 Å². The van der Waals surface area contributed by atoms with Crippen molar-refractivity contribution >= 4 is 17.5 Å². The lowest BCUT2D eigenvalue weighted by Gasteiger charge is -2.66. The van der Waals surface area contributed by atoms with Gasteiger partial charge in [0.05, 0.1) is 51.2 Å². The van der Waals surface area contributed by atoms with Gasteiger partial charge >= 0.3 is 0 Å². The number of carbonyl (C=O) groups excluding carboxylic acids is 2. The van der Waals surface area contributed by atoms with Crippen LogP contribution in [-0.4, -0.2) is 113 Å². The number of nitrogens with one attached hydrogen (secondary N) is 2. The van der Waals surface area contributed by atoms with E-state index >= 15 is 0 Å². The quantitative estimate of drug-likeness (QED) is 0.0254. The lowest BCUT2D eigenvalue weighted by Crippen LogP contribution is -2.65. The third-order valence-electron chi connectivity index (χ3n) is 20.4. The molecule has 0 radical (unpaired) electrons. The zero-order chi connectivity index (χ0) is 54.9. The number of aliphatic hydroxyl groups excluding tert-OH is 5. The third-order valence-corrected chi connectivity index (χ3v) is 20.4. The predicted molar refractivity (Wildman–Crippen MR) is 295 cm³/mol. The summed E-state index contributed by atoms with van der Waals surface area (Å²) in [6.45, 7) is 2.75. The maximum atomic E-state index is 14.0. The molecule has 2 bridgehead atoms. The number of aromatic hydroxyl groups is 1. The monoisotopic (exact) mass is 1080 g/mol. The number of hydrogen-bond donors (Lipinski definition) is 8. The van der Waals surface area contributed by atoms with Crippen LogP contribution in [0, 0.1) is 35.5 Å². The van der Waals surface area contributed by atoms with E-state index in [4.69, 9.17) is 23.7 Å². The third kappa shape index (κ3) is 8.59. The maximum absolute atomic E-state index is 14.0. The van der Waals surface area contributed by atoms with Crippen LogP contribution in [0.25, 0.3) is 11.1 Å². The predicted octanol–water partition coefficient (Wildman–Crippen LogP) is 7.83. The van der Waals surface area contributed by atoms with Gasteiger partial charge in [0.1, 0.15) is 24.0 Å². The van der Waals surface area contributed by atoms with Crippen molar-refractivity contribution in [3.05, 3.63) is 99.6 Å². The summed E-state index contributed by atoms with van der Waals surface area (Å²) >= 11 is 0. The van der Waals surface area contributed by atoms with Crippen LogP contribution in [0.5, 0.6) is 34.5 Å². The molecule has 422 valence electrons. The van der Waals surface area contributed by atoms with Crippen molar-refractivity contribution in [3.63, 3.8) is 0 Å². The van der Waals surface area contributed by atoms with Crippen LogP contribution in [-0.2, 0) is 27.8 Å². The highest BCUT2D eigenvalue weighted by molar-refractivity contribution is 6.13. The smallest absolute Gasteiger partial charge is 0.254 e. The molecule has 0 spiro atoms. The Morgan fingerprint density at radius 3 is 2.34 bits per heavy atom. The maximum Gasteiger partial charge on any atom is 0.254 e. The van der Waals surface area contributed by atoms with Gasteiger partial charge in [-0.2, -0.15) is 0 Å². The van der Waals surface area contributed by atoms with Crippen LogP contribution >= 0.6 is 0 Å². The Morgan fingerprint density at radius 1 is 0.848 bits per heavy atom. The summed E-state index contributed by atoms with van der Waals surface area (Å²) in [5, 5.41) is 76.3. The fourth-order valence-corrected chi connectivity index (χ4v) is 17.1. The van der Waals surface area contributed by atoms with Crippen LogP contribution in [0.1, 0.15) is 141 Å². The van der Waals surface area contributed by atoms with Gasteiger partial charge in [0.2, 0.25) is 5.75 Å². The van der Waals surface area contributed by atoms with Crippen molar-refractivity contribution in [1.82, 2.24) is 10.2 Å². The number of methoxy groups -OCH3 is 2. The number of phenolic OH excluding ortho intramolecular Hbond substituents is 1. The van der Waals surface area contributed by atoms with Gasteiger partial charge in [-0.05, 0) is 141 Å². The second kappa shape index (κ2) is 21.5. The lowest BCUT2D eigenvalue weighted by molar-refractivity contribution is -0.157. The molecule has 3 aliphatic heterocycles. The number of phenols is 1. The Hall–Kier alpha value is -5.88. The number of nitrogens with zero attached hydrogens (tertiary/aromatic N) is 1. The minimum atomic E-state index is -1.08. The first-order valence-electron chi connectivity index (χ1n) is 29.0. The van der Waals surface area contributed by atoms with Gasteiger partial charge in [0.25, 0.3) is 11.8 Å². The summed E-state index contributed by atoms with van der Waals surface area (Å²) < 4.78 is 31.5. The molecule has 0 aromatic heterocycles. The SMILES string of the molecule is CCNCOc1cc(OC)c2c3c1C(O)Nc1cc4c(c(c1-3)CC2)C(O)C(c1cc(OC)c(O)c(OCC(CO)C23CC(C5(N6C(=O)C=CC6=O)CCCCC5)CC5C(C(CO)CCCO)CC(CC52)c2ccccc23)c1)CO4. The normalized spacial score (nSPS) is 28.4. The molecule has 0 saturated heterocycles. The molecule has 11 atom stereocenters. The average Bonchev–Trinajstić information content (AvgIpc) is 3.16. The molecule has 16 nitrogen and oxygen atoms in total. The molecule has 8 N–H and O–H groups in total. The molecule has 12 rings (SSSR count). The molecule has 8 aliphatic rings. The number of carbonyl (C=O) groups is 2. The number of fused-ring (bicyclic) bond motifs is 6. The number of hydrogen-bond acceptors (Lipinski definition) is 15. The van der Waals surface area contributed by atoms with Crippen LogP contribution in [0.3, 0.4) is 0 Å². The van der Waals surface area contributed by atoms with Gasteiger partial charge in [-0.1, -0.05) is 50.5 Å². The topological polar surface area (TPSA) is 229 Å². The van der Waals surface area contributed by atoms with E-state index in [1.165, 1.54) is 24.8 Å². The summed E-state index contributed by atoms with van der Waals surface area (Å²) in [4.78, 5) is 29.5. The van der Waals surface area contributed by atoms with E-state index in [-0.39, 0.29) is 104 Å². The van der Waals surface area contributed by atoms with Crippen molar-refractivity contribution in [3.8, 4) is 45.6 Å². The molecule has 4 aromatic carbocycles. The summed E-state index contributed by atoms with van der Waals surface area (Å²) in [6, 6.07) is 15.7. The molecule has 4 aromatic rings. The van der Waals surface area contributed by atoms with E-state index < -0.39 is 35.1 Å². The van der Waals surface area contributed by atoms with Crippen molar-refractivity contribution in [2.24, 2.45) is 35.5 Å². The number of benzene rings is 4. The molecule has 16 heteroatoms. The highest BCUT2D eigenvalue weighted by Crippen LogP contribution is 2.69. The Labute approximate surface area is 462 Å². The molecular weight excluding hydrogens is 1010 g/mol. The second-order valence-electron chi connectivity index (χ2n) is 23.8. The molecular formula is C63H77N3O13. The fourth-order valence-electron chi connectivity index (χ4n) is 17.1. The van der Waals surface area contributed by atoms with E-state index in [1.807, 2.05) is 19.1 Å². The molecule has 5 aliphatic carbocycles. The van der Waals surface area contributed by atoms with Crippen molar-refractivity contribution < 1.29 is 63.9 Å². The first-order valence-corrected chi connectivity index (χ1v) is 29.0. The van der Waals surface area contributed by atoms with E-state index in [2.05, 4.69) is 34.9 Å². The van der Waals surface area contributed by atoms with Crippen LogP contribution < -0.4 is 34.3 Å². The molecule has 79 heavy (non-hydrogen) atoms. The number of anilines is 1. The molecule has 11 unspecified atom stereocenters. The summed E-state index contributed by atoms with van der Waals surface area (Å²) in [6.07, 6.45) is 10.3. The number of imide groups is 1.